The van der Waals surface area contributed by atoms with Crippen LogP contribution >= 0.6 is 0 Å². The summed E-state index contributed by atoms with van der Waals surface area (Å²) in [5.41, 5.74) is 18.1. The van der Waals surface area contributed by atoms with Crippen molar-refractivity contribution in [3.8, 4) is 67.5 Å². The van der Waals surface area contributed by atoms with Crippen molar-refractivity contribution in [3.05, 3.63) is 167 Å². The molecular weight excluding hydrogens is 1100 g/mol. The summed E-state index contributed by atoms with van der Waals surface area (Å²) in [5.74, 6) is 0.933. The molecule has 8 aromatic rings. The summed E-state index contributed by atoms with van der Waals surface area (Å²) in [4.78, 5) is 10.8. The van der Waals surface area contributed by atoms with Crippen molar-refractivity contribution < 1.29 is 26.2 Å². The number of para-hydroxylation sites is 1. The molecule has 2 aromatic heterocycles. The first-order chi connectivity index (χ1) is 33.6. The van der Waals surface area contributed by atoms with E-state index in [1.54, 1.807) is 0 Å². The largest absolute Gasteiger partial charge is 0.507 e. The van der Waals surface area contributed by atoms with Gasteiger partial charge >= 0.3 is 0 Å². The molecule has 4 nitrogen and oxygen atoms in total. The van der Waals surface area contributed by atoms with Crippen LogP contribution in [0.2, 0.25) is 19.6 Å². The van der Waals surface area contributed by atoms with E-state index in [1.165, 1.54) is 27.8 Å². The molecule has 390 valence electrons. The zero-order valence-corrected chi connectivity index (χ0v) is 51.5. The van der Waals surface area contributed by atoms with Crippen LogP contribution in [0.4, 0.5) is 0 Å². The normalized spacial score (nSPS) is 13.1. The molecule has 6 heteroatoms. The number of hydrogen-bond acceptors (Lipinski definition) is 3. The Kier molecular flexibility index (Phi) is 15.0. The van der Waals surface area contributed by atoms with Crippen LogP contribution in [0.15, 0.2) is 128 Å². The van der Waals surface area contributed by atoms with E-state index in [0.29, 0.717) is 11.4 Å². The van der Waals surface area contributed by atoms with Gasteiger partial charge in [0.1, 0.15) is 11.6 Å². The predicted molar refractivity (Wildman–Crippen MR) is 316 cm³/mol. The van der Waals surface area contributed by atoms with Crippen molar-refractivity contribution >= 4 is 19.1 Å². The number of pyridine rings is 1. The third kappa shape index (κ3) is 11.1. The first kappa shape index (κ1) is 56.4. The maximum Gasteiger partial charge on any atom is 0.148 e. The Balaban J connectivity index is 0.00000800. The number of rotatable bonds is 8. The van der Waals surface area contributed by atoms with Crippen LogP contribution < -0.4 is 0 Å². The zero-order valence-electron chi connectivity index (χ0n) is 48.2. The molecule has 0 spiro atoms. The molecule has 0 atom stereocenters. The van der Waals surface area contributed by atoms with Crippen LogP contribution in [0.5, 0.6) is 5.75 Å². The Bertz CT molecular complexity index is 3340. The number of phenolic OH excluding ortho intramolecular Hbond substituents is 1. The number of aromatic hydroxyl groups is 1. The van der Waals surface area contributed by atoms with Gasteiger partial charge in [-0.3, -0.25) is 9.55 Å². The van der Waals surface area contributed by atoms with Crippen molar-refractivity contribution in [1.82, 2.24) is 14.5 Å². The van der Waals surface area contributed by atoms with Crippen LogP contribution in [0.3, 0.4) is 0 Å². The van der Waals surface area contributed by atoms with E-state index in [1.807, 2.05) is 6.20 Å². The van der Waals surface area contributed by atoms with Gasteiger partial charge in [-0.05, 0) is 101 Å². The van der Waals surface area contributed by atoms with Crippen LogP contribution in [0.1, 0.15) is 151 Å². The first-order valence-electron chi connectivity index (χ1n) is 26.5. The fourth-order valence-electron chi connectivity index (χ4n) is 9.66. The molecule has 74 heavy (non-hydrogen) atoms. The number of aromatic nitrogens is 3. The molecule has 0 aliphatic rings. The summed E-state index contributed by atoms with van der Waals surface area (Å²) in [5, 5.41) is 12.8. The molecule has 0 saturated heterocycles. The summed E-state index contributed by atoms with van der Waals surface area (Å²) in [6, 6.07) is 48.7. The minimum atomic E-state index is -1.61. The Hall–Kier alpha value is -5.35. The summed E-state index contributed by atoms with van der Waals surface area (Å²) < 4.78 is 2.31. The third-order valence-electron chi connectivity index (χ3n) is 15.7. The Labute approximate surface area is 460 Å². The summed E-state index contributed by atoms with van der Waals surface area (Å²) >= 11 is 0. The topological polar surface area (TPSA) is 50.9 Å². The second-order valence-electron chi connectivity index (χ2n) is 27.5. The molecule has 0 bridgehead atoms. The van der Waals surface area contributed by atoms with Crippen LogP contribution in [-0.2, 0) is 53.2 Å². The maximum absolute atomic E-state index is 12.8. The molecule has 6 aromatic carbocycles. The van der Waals surface area contributed by atoms with E-state index in [0.717, 1.165) is 66.9 Å². The molecule has 0 aliphatic heterocycles. The standard InChI is InChI=1S/C68H82N3OSi.Pt/c1-63(2,3)49-36-46(33-47(37-49)57-42-48(31-32-69-57)68(16,17)73(18,19)20)53-27-24-28-59-60(53)70-62(55-40-52(66(10,11)12)41-56(61(55)72)67(13,14)15)71(59)58-30-29-44(38-54(58)43-25-22-21-23-26-43)45-34-50(64(4,5)6)39-51(35-45)65(7,8)9;/h21-32,34-42,72H,1-20H3;/q-1;. The van der Waals surface area contributed by atoms with E-state index in [9.17, 15) is 5.11 Å². The van der Waals surface area contributed by atoms with E-state index < -0.39 is 8.07 Å². The van der Waals surface area contributed by atoms with Gasteiger partial charge in [0.15, 0.2) is 0 Å². The van der Waals surface area contributed by atoms with Crippen molar-refractivity contribution in [2.24, 2.45) is 0 Å². The van der Waals surface area contributed by atoms with Crippen LogP contribution in [0.25, 0.3) is 72.7 Å². The molecule has 0 saturated carbocycles. The van der Waals surface area contributed by atoms with Gasteiger partial charge in [0.05, 0.1) is 30.4 Å². The smallest absolute Gasteiger partial charge is 0.148 e. The molecule has 1 N–H and O–H groups in total. The predicted octanol–water partition coefficient (Wildman–Crippen LogP) is 18.9. The van der Waals surface area contributed by atoms with Crippen LogP contribution in [0, 0.1) is 6.07 Å². The molecule has 0 amide bonds. The Morgan fingerprint density at radius 3 is 1.61 bits per heavy atom. The quantitative estimate of drug-likeness (QED) is 0.122. The van der Waals surface area contributed by atoms with Crippen molar-refractivity contribution in [1.29, 1.82) is 0 Å². The zero-order chi connectivity index (χ0) is 53.6. The first-order valence-corrected chi connectivity index (χ1v) is 30.0. The van der Waals surface area contributed by atoms with Crippen molar-refractivity contribution in [3.63, 3.8) is 0 Å². The second-order valence-corrected chi connectivity index (χ2v) is 33.3. The van der Waals surface area contributed by atoms with E-state index >= 15 is 0 Å². The number of nitrogens with zero attached hydrogens (tertiary/aromatic N) is 3. The summed E-state index contributed by atoms with van der Waals surface area (Å²) in [7, 11) is -1.61. The minimum Gasteiger partial charge on any atom is -0.507 e. The van der Waals surface area contributed by atoms with Crippen molar-refractivity contribution in [2.45, 2.75) is 169 Å². The van der Waals surface area contributed by atoms with E-state index in [-0.39, 0.29) is 58.9 Å². The Morgan fingerprint density at radius 2 is 1.04 bits per heavy atom. The van der Waals surface area contributed by atoms with Gasteiger partial charge in [-0.1, -0.05) is 227 Å². The molecular formula is C68H82N3OPtSi-. The summed E-state index contributed by atoms with van der Waals surface area (Å²) in [6.45, 7) is 46.0. The monoisotopic (exact) mass is 1180 g/mol. The maximum atomic E-state index is 12.8. The minimum absolute atomic E-state index is 0. The average Bonchev–Trinajstić information content (AvgIpc) is 3.69. The Morgan fingerprint density at radius 1 is 0.473 bits per heavy atom. The number of hydrogen-bond donors (Lipinski definition) is 1. The van der Waals surface area contributed by atoms with Gasteiger partial charge < -0.3 is 5.11 Å². The van der Waals surface area contributed by atoms with Gasteiger partial charge in [0.2, 0.25) is 0 Å². The number of benzene rings is 6. The SMILES string of the molecule is CC(C)(C)c1cc(-c2cc(C(C)(C)[Si](C)(C)C)ccn2)[c-]c(-c2cccc3c2nc(-c2cc(C(C)(C)C)cc(C(C)(C)C)c2O)n3-c2ccc(-c3cc(C(C)(C)C)cc(C(C)(C)C)c3)cc2-c2ccccc2)c1.[Pt]. The van der Waals surface area contributed by atoms with Crippen molar-refractivity contribution in [2.75, 3.05) is 0 Å². The van der Waals surface area contributed by atoms with E-state index in [2.05, 4.69) is 269 Å². The summed E-state index contributed by atoms with van der Waals surface area (Å²) in [6.07, 6.45) is 1.98. The van der Waals surface area contributed by atoms with Gasteiger partial charge in [-0.25, -0.2) is 4.98 Å². The van der Waals surface area contributed by atoms with Gasteiger partial charge in [-0.2, -0.15) is 0 Å². The van der Waals surface area contributed by atoms with Gasteiger partial charge in [-0.15, -0.1) is 29.3 Å². The average molecular weight is 1180 g/mol. The van der Waals surface area contributed by atoms with Crippen LogP contribution in [-0.4, -0.2) is 27.7 Å². The molecule has 8 rings (SSSR count). The molecule has 0 aliphatic carbocycles. The van der Waals surface area contributed by atoms with Gasteiger partial charge in [0, 0.05) is 44.1 Å². The molecule has 2 heterocycles. The molecule has 0 fully saturated rings. The molecule has 0 radical (unpaired) electrons. The number of fused-ring (bicyclic) bond motifs is 1. The second kappa shape index (κ2) is 19.7. The van der Waals surface area contributed by atoms with E-state index in [4.69, 9.17) is 9.97 Å². The number of imidazole rings is 1. The molecule has 0 unspecified atom stereocenters. The third-order valence-corrected chi connectivity index (χ3v) is 19.7. The fourth-order valence-corrected chi connectivity index (χ4v) is 10.7. The van der Waals surface area contributed by atoms with Gasteiger partial charge in [0.25, 0.3) is 0 Å². The number of phenols is 1. The fraction of sp³-hybridized carbons (Fsp3) is 0.382.